The van der Waals surface area contributed by atoms with Gasteiger partial charge in [0.05, 0.1) is 6.04 Å². The SMILES string of the molecule is C[C@@H]1Cc2ccccc2[C@@H]1NC(=O)N1CCC(C)(CO)CC1. The number of likely N-dealkylation sites (tertiary alicyclic amines) is 1. The van der Waals surface area contributed by atoms with Crippen LogP contribution in [-0.2, 0) is 6.42 Å². The number of benzene rings is 1. The second-order valence-corrected chi connectivity index (χ2v) is 7.26. The van der Waals surface area contributed by atoms with Crippen molar-refractivity contribution in [2.75, 3.05) is 19.7 Å². The molecule has 0 radical (unpaired) electrons. The Hall–Kier alpha value is -1.55. The molecule has 0 spiro atoms. The van der Waals surface area contributed by atoms with Gasteiger partial charge in [-0.1, -0.05) is 38.1 Å². The van der Waals surface area contributed by atoms with Gasteiger partial charge in [0.2, 0.25) is 0 Å². The summed E-state index contributed by atoms with van der Waals surface area (Å²) in [7, 11) is 0. The van der Waals surface area contributed by atoms with Crippen LogP contribution >= 0.6 is 0 Å². The van der Waals surface area contributed by atoms with Crippen LogP contribution in [0, 0.1) is 11.3 Å². The van der Waals surface area contributed by atoms with Gasteiger partial charge in [0, 0.05) is 19.7 Å². The van der Waals surface area contributed by atoms with E-state index in [4.69, 9.17) is 0 Å². The first-order valence-corrected chi connectivity index (χ1v) is 8.26. The predicted octanol–water partition coefficient (Wildman–Crippen LogP) is 2.72. The monoisotopic (exact) mass is 302 g/mol. The van der Waals surface area contributed by atoms with Crippen LogP contribution < -0.4 is 5.32 Å². The number of aliphatic hydroxyl groups is 1. The Balaban J connectivity index is 1.63. The summed E-state index contributed by atoms with van der Waals surface area (Å²) in [6.07, 6.45) is 2.77. The third kappa shape index (κ3) is 2.84. The minimum Gasteiger partial charge on any atom is -0.396 e. The maximum atomic E-state index is 12.6. The summed E-state index contributed by atoms with van der Waals surface area (Å²) < 4.78 is 0. The highest BCUT2D eigenvalue weighted by Crippen LogP contribution is 2.36. The lowest BCUT2D eigenvalue weighted by Crippen LogP contribution is -2.48. The molecular formula is C18H26N2O2. The molecule has 0 unspecified atom stereocenters. The smallest absolute Gasteiger partial charge is 0.317 e. The zero-order valence-corrected chi connectivity index (χ0v) is 13.5. The molecule has 2 aliphatic rings. The third-order valence-corrected chi connectivity index (χ3v) is 5.42. The maximum absolute atomic E-state index is 12.6. The molecule has 1 aliphatic heterocycles. The van der Waals surface area contributed by atoms with E-state index in [0.29, 0.717) is 5.92 Å². The number of aliphatic hydroxyl groups excluding tert-OH is 1. The Morgan fingerprint density at radius 1 is 1.36 bits per heavy atom. The minimum atomic E-state index is -0.0238. The molecule has 4 heteroatoms. The van der Waals surface area contributed by atoms with Gasteiger partial charge < -0.3 is 15.3 Å². The van der Waals surface area contributed by atoms with Crippen molar-refractivity contribution in [2.45, 2.75) is 39.2 Å². The summed E-state index contributed by atoms with van der Waals surface area (Å²) >= 11 is 0. The molecule has 0 aromatic heterocycles. The second kappa shape index (κ2) is 5.92. The number of carbonyl (C=O) groups is 1. The van der Waals surface area contributed by atoms with Crippen LogP contribution in [0.25, 0.3) is 0 Å². The average molecular weight is 302 g/mol. The summed E-state index contributed by atoms with van der Waals surface area (Å²) in [5.74, 6) is 0.439. The van der Waals surface area contributed by atoms with Gasteiger partial charge in [-0.05, 0) is 41.7 Å². The lowest BCUT2D eigenvalue weighted by Gasteiger charge is -2.38. The fourth-order valence-electron chi connectivity index (χ4n) is 3.65. The summed E-state index contributed by atoms with van der Waals surface area (Å²) in [6.45, 7) is 5.95. The van der Waals surface area contributed by atoms with E-state index in [1.165, 1.54) is 11.1 Å². The van der Waals surface area contributed by atoms with Crippen molar-refractivity contribution in [1.29, 1.82) is 0 Å². The highest BCUT2D eigenvalue weighted by atomic mass is 16.3. The van der Waals surface area contributed by atoms with Crippen LogP contribution in [0.5, 0.6) is 0 Å². The van der Waals surface area contributed by atoms with Crippen molar-refractivity contribution in [3.63, 3.8) is 0 Å². The number of carbonyl (C=O) groups excluding carboxylic acids is 1. The van der Waals surface area contributed by atoms with Gasteiger partial charge in [-0.25, -0.2) is 4.79 Å². The number of piperidine rings is 1. The van der Waals surface area contributed by atoms with Gasteiger partial charge in [-0.2, -0.15) is 0 Å². The number of hydrogen-bond acceptors (Lipinski definition) is 2. The molecule has 1 aliphatic carbocycles. The first-order chi connectivity index (χ1) is 10.5. The highest BCUT2D eigenvalue weighted by Gasteiger charge is 2.34. The van der Waals surface area contributed by atoms with Crippen molar-refractivity contribution in [1.82, 2.24) is 10.2 Å². The zero-order valence-electron chi connectivity index (χ0n) is 13.5. The van der Waals surface area contributed by atoms with Crippen molar-refractivity contribution in [3.8, 4) is 0 Å². The summed E-state index contributed by atoms with van der Waals surface area (Å²) in [6, 6.07) is 8.55. The van der Waals surface area contributed by atoms with Crippen molar-refractivity contribution < 1.29 is 9.90 Å². The molecule has 3 rings (SSSR count). The lowest BCUT2D eigenvalue weighted by atomic mass is 9.81. The van der Waals surface area contributed by atoms with Crippen LogP contribution in [0.15, 0.2) is 24.3 Å². The summed E-state index contributed by atoms with van der Waals surface area (Å²) in [5, 5.41) is 12.7. The number of hydrogen-bond donors (Lipinski definition) is 2. The number of nitrogens with one attached hydrogen (secondary N) is 1. The Labute approximate surface area is 132 Å². The largest absolute Gasteiger partial charge is 0.396 e. The van der Waals surface area contributed by atoms with Crippen LogP contribution in [0.3, 0.4) is 0 Å². The zero-order chi connectivity index (χ0) is 15.7. The standard InChI is InChI=1S/C18H26N2O2/c1-13-11-14-5-3-4-6-15(14)16(13)19-17(22)20-9-7-18(2,12-21)8-10-20/h3-6,13,16,21H,7-12H2,1-2H3,(H,19,22)/t13-,16-/m1/s1. The van der Waals surface area contributed by atoms with Gasteiger partial charge in [-0.3, -0.25) is 0 Å². The van der Waals surface area contributed by atoms with E-state index in [-0.39, 0.29) is 24.1 Å². The normalized spacial score (nSPS) is 26.6. The maximum Gasteiger partial charge on any atom is 0.317 e. The molecule has 2 atom stereocenters. The summed E-state index contributed by atoms with van der Waals surface area (Å²) in [4.78, 5) is 14.5. The van der Waals surface area contributed by atoms with Crippen molar-refractivity contribution in [2.24, 2.45) is 11.3 Å². The molecule has 1 heterocycles. The van der Waals surface area contributed by atoms with E-state index in [0.717, 1.165) is 32.4 Å². The van der Waals surface area contributed by atoms with Gasteiger partial charge in [0.15, 0.2) is 0 Å². The Morgan fingerprint density at radius 2 is 2.05 bits per heavy atom. The van der Waals surface area contributed by atoms with E-state index in [9.17, 15) is 9.90 Å². The fraction of sp³-hybridized carbons (Fsp3) is 0.611. The van der Waals surface area contributed by atoms with E-state index < -0.39 is 0 Å². The summed E-state index contributed by atoms with van der Waals surface area (Å²) in [5.41, 5.74) is 2.59. The van der Waals surface area contributed by atoms with Crippen LogP contribution in [0.2, 0.25) is 0 Å². The van der Waals surface area contributed by atoms with E-state index in [2.05, 4.69) is 37.4 Å². The minimum absolute atomic E-state index is 0.0238. The first-order valence-electron chi connectivity index (χ1n) is 8.26. The molecule has 2 amide bonds. The molecular weight excluding hydrogens is 276 g/mol. The van der Waals surface area contributed by atoms with Gasteiger partial charge in [0.1, 0.15) is 0 Å². The molecule has 1 saturated heterocycles. The van der Waals surface area contributed by atoms with Gasteiger partial charge in [-0.15, -0.1) is 0 Å². The quantitative estimate of drug-likeness (QED) is 0.882. The van der Waals surface area contributed by atoms with Gasteiger partial charge in [0.25, 0.3) is 0 Å². The van der Waals surface area contributed by atoms with Crippen LogP contribution in [-0.4, -0.2) is 35.7 Å². The second-order valence-electron chi connectivity index (χ2n) is 7.26. The average Bonchev–Trinajstić information content (AvgIpc) is 2.84. The molecule has 0 bridgehead atoms. The lowest BCUT2D eigenvalue weighted by molar-refractivity contribution is 0.0690. The van der Waals surface area contributed by atoms with Crippen molar-refractivity contribution in [3.05, 3.63) is 35.4 Å². The topological polar surface area (TPSA) is 52.6 Å². The number of rotatable bonds is 2. The van der Waals surface area contributed by atoms with Gasteiger partial charge >= 0.3 is 6.03 Å². The molecule has 120 valence electrons. The number of urea groups is 1. The Bertz CT molecular complexity index is 550. The molecule has 4 nitrogen and oxygen atoms in total. The third-order valence-electron chi connectivity index (χ3n) is 5.42. The molecule has 1 aromatic carbocycles. The molecule has 1 fully saturated rings. The number of amides is 2. The number of nitrogens with zero attached hydrogens (tertiary/aromatic N) is 1. The first kappa shape index (κ1) is 15.3. The predicted molar refractivity (Wildman–Crippen MR) is 86.6 cm³/mol. The molecule has 0 saturated carbocycles. The molecule has 22 heavy (non-hydrogen) atoms. The van der Waals surface area contributed by atoms with Crippen LogP contribution in [0.4, 0.5) is 4.79 Å². The Morgan fingerprint density at radius 3 is 2.73 bits per heavy atom. The Kier molecular flexibility index (Phi) is 4.13. The van der Waals surface area contributed by atoms with Crippen LogP contribution in [0.1, 0.15) is 43.9 Å². The van der Waals surface area contributed by atoms with E-state index in [1.54, 1.807) is 0 Å². The van der Waals surface area contributed by atoms with E-state index in [1.807, 2.05) is 11.0 Å². The van der Waals surface area contributed by atoms with E-state index >= 15 is 0 Å². The highest BCUT2D eigenvalue weighted by molar-refractivity contribution is 5.75. The number of fused-ring (bicyclic) bond motifs is 1. The fourth-order valence-corrected chi connectivity index (χ4v) is 3.65. The molecule has 1 aromatic rings. The van der Waals surface area contributed by atoms with Crippen molar-refractivity contribution >= 4 is 6.03 Å². The molecule has 2 N–H and O–H groups in total.